The van der Waals surface area contributed by atoms with Gasteiger partial charge in [0, 0.05) is 4.47 Å². The summed E-state index contributed by atoms with van der Waals surface area (Å²) >= 11 is 3.38. The summed E-state index contributed by atoms with van der Waals surface area (Å²) in [5.74, 6) is -0.381. The number of hydrogen-bond acceptors (Lipinski definition) is 4. The molecule has 132 valence electrons. The molecular formula is C19H20BrNO4. The van der Waals surface area contributed by atoms with E-state index in [4.69, 9.17) is 9.47 Å². The molecule has 0 aliphatic heterocycles. The predicted molar refractivity (Wildman–Crippen MR) is 99.9 cm³/mol. The number of rotatable bonds is 6. The number of carbonyl (C=O) groups is 2. The summed E-state index contributed by atoms with van der Waals surface area (Å²) in [5, 5.41) is 2.68. The van der Waals surface area contributed by atoms with Crippen molar-refractivity contribution in [1.29, 1.82) is 0 Å². The number of ether oxygens (including phenoxy) is 2. The summed E-state index contributed by atoms with van der Waals surface area (Å²) in [4.78, 5) is 23.6. The van der Waals surface area contributed by atoms with Crippen molar-refractivity contribution >= 4 is 33.5 Å². The van der Waals surface area contributed by atoms with Crippen molar-refractivity contribution in [2.24, 2.45) is 0 Å². The van der Waals surface area contributed by atoms with Crippen LogP contribution in [0.25, 0.3) is 0 Å². The first-order chi connectivity index (χ1) is 11.8. The van der Waals surface area contributed by atoms with E-state index in [9.17, 15) is 9.59 Å². The molecule has 2 rings (SSSR count). The lowest BCUT2D eigenvalue weighted by molar-refractivity contribution is -0.149. The van der Waals surface area contributed by atoms with Gasteiger partial charge in [-0.05, 0) is 71.6 Å². The lowest BCUT2D eigenvalue weighted by Gasteiger charge is -2.11. The van der Waals surface area contributed by atoms with Gasteiger partial charge >= 0.3 is 5.97 Å². The van der Waals surface area contributed by atoms with Gasteiger partial charge < -0.3 is 14.8 Å². The van der Waals surface area contributed by atoms with E-state index < -0.39 is 11.9 Å². The number of benzene rings is 2. The molecule has 0 bridgehead atoms. The third kappa shape index (κ3) is 5.90. The molecule has 0 aromatic heterocycles. The lowest BCUT2D eigenvalue weighted by atomic mass is 10.1. The highest BCUT2D eigenvalue weighted by Crippen LogP contribution is 2.23. The van der Waals surface area contributed by atoms with E-state index in [2.05, 4.69) is 21.2 Å². The molecule has 5 nitrogen and oxygen atoms in total. The van der Waals surface area contributed by atoms with Crippen molar-refractivity contribution in [3.63, 3.8) is 0 Å². The highest BCUT2D eigenvalue weighted by molar-refractivity contribution is 9.10. The van der Waals surface area contributed by atoms with Gasteiger partial charge in [-0.2, -0.15) is 0 Å². The Morgan fingerprint density at radius 2 is 1.68 bits per heavy atom. The minimum absolute atomic E-state index is 0.244. The zero-order valence-corrected chi connectivity index (χ0v) is 16.0. The summed E-state index contributed by atoms with van der Waals surface area (Å²) < 4.78 is 11.2. The second kappa shape index (κ2) is 8.67. The Morgan fingerprint density at radius 1 is 1.00 bits per heavy atom. The molecule has 1 N–H and O–H groups in total. The van der Waals surface area contributed by atoms with Gasteiger partial charge in [0.1, 0.15) is 5.75 Å². The summed E-state index contributed by atoms with van der Waals surface area (Å²) in [6.07, 6.45) is 0. The number of nitrogens with one attached hydrogen (secondary N) is 1. The first-order valence-electron chi connectivity index (χ1n) is 7.77. The van der Waals surface area contributed by atoms with Crippen LogP contribution in [0.15, 0.2) is 40.9 Å². The van der Waals surface area contributed by atoms with E-state index in [1.54, 1.807) is 6.07 Å². The van der Waals surface area contributed by atoms with Crippen molar-refractivity contribution in [2.75, 3.05) is 18.5 Å². The van der Waals surface area contributed by atoms with E-state index in [1.165, 1.54) is 0 Å². The number of anilines is 1. The van der Waals surface area contributed by atoms with Crippen molar-refractivity contribution in [3.8, 4) is 5.75 Å². The van der Waals surface area contributed by atoms with Gasteiger partial charge in [0.25, 0.3) is 5.91 Å². The van der Waals surface area contributed by atoms with E-state index in [0.717, 1.165) is 21.2 Å². The molecule has 2 aromatic rings. The highest BCUT2D eigenvalue weighted by atomic mass is 79.9. The van der Waals surface area contributed by atoms with Crippen molar-refractivity contribution in [3.05, 3.63) is 57.6 Å². The highest BCUT2D eigenvalue weighted by Gasteiger charge is 2.11. The molecule has 0 unspecified atom stereocenters. The molecule has 0 heterocycles. The Balaban J connectivity index is 1.79. The molecule has 0 saturated heterocycles. The third-order valence-electron chi connectivity index (χ3n) is 3.45. The van der Waals surface area contributed by atoms with Crippen LogP contribution in [0.5, 0.6) is 5.75 Å². The quantitative estimate of drug-likeness (QED) is 0.739. The Bertz CT molecular complexity index is 789. The average Bonchev–Trinajstić information content (AvgIpc) is 2.56. The molecule has 0 atom stereocenters. The maximum atomic E-state index is 11.9. The number of aryl methyl sites for hydroxylation is 3. The number of amides is 1. The maximum absolute atomic E-state index is 11.9. The molecule has 0 spiro atoms. The van der Waals surface area contributed by atoms with Gasteiger partial charge in [-0.15, -0.1) is 0 Å². The van der Waals surface area contributed by atoms with E-state index in [0.29, 0.717) is 11.4 Å². The van der Waals surface area contributed by atoms with Crippen LogP contribution in [-0.4, -0.2) is 25.1 Å². The summed E-state index contributed by atoms with van der Waals surface area (Å²) in [6, 6.07) is 11.3. The van der Waals surface area contributed by atoms with Crippen LogP contribution in [0.3, 0.4) is 0 Å². The van der Waals surface area contributed by atoms with Crippen molar-refractivity contribution in [1.82, 2.24) is 0 Å². The third-order valence-corrected chi connectivity index (χ3v) is 4.11. The Morgan fingerprint density at radius 3 is 2.40 bits per heavy atom. The topological polar surface area (TPSA) is 64.6 Å². The maximum Gasteiger partial charge on any atom is 0.344 e. The normalized spacial score (nSPS) is 10.2. The van der Waals surface area contributed by atoms with Crippen molar-refractivity contribution in [2.45, 2.75) is 20.8 Å². The smallest absolute Gasteiger partial charge is 0.344 e. The monoisotopic (exact) mass is 405 g/mol. The zero-order chi connectivity index (χ0) is 18.4. The predicted octanol–water partition coefficient (Wildman–Crippen LogP) is 3.94. The second-order valence-electron chi connectivity index (χ2n) is 5.75. The van der Waals surface area contributed by atoms with Gasteiger partial charge in [0.2, 0.25) is 0 Å². The minimum atomic E-state index is -0.598. The van der Waals surface area contributed by atoms with Crippen LogP contribution in [-0.2, 0) is 14.3 Å². The van der Waals surface area contributed by atoms with Gasteiger partial charge in [-0.3, -0.25) is 4.79 Å². The first-order valence-corrected chi connectivity index (χ1v) is 8.56. The van der Waals surface area contributed by atoms with Crippen LogP contribution in [0.4, 0.5) is 5.69 Å². The second-order valence-corrected chi connectivity index (χ2v) is 6.60. The number of hydrogen-bond donors (Lipinski definition) is 1. The molecule has 2 aromatic carbocycles. The number of carbonyl (C=O) groups excluding carboxylic acids is 2. The minimum Gasteiger partial charge on any atom is -0.482 e. The average molecular weight is 406 g/mol. The van der Waals surface area contributed by atoms with E-state index >= 15 is 0 Å². The summed E-state index contributed by atoms with van der Waals surface area (Å²) in [6.45, 7) is 5.18. The summed E-state index contributed by atoms with van der Waals surface area (Å²) in [5.41, 5.74) is 3.66. The SMILES string of the molecule is Cc1ccc(NC(=O)COC(=O)COc2cc(C)ccc2C)c(Br)c1. The molecule has 0 aliphatic rings. The molecule has 6 heteroatoms. The van der Waals surface area contributed by atoms with E-state index in [-0.39, 0.29) is 13.2 Å². The first kappa shape index (κ1) is 19.0. The molecule has 0 radical (unpaired) electrons. The molecule has 0 fully saturated rings. The molecule has 0 aliphatic carbocycles. The van der Waals surface area contributed by atoms with Gasteiger partial charge in [0.15, 0.2) is 13.2 Å². The van der Waals surface area contributed by atoms with Crippen LogP contribution in [0.2, 0.25) is 0 Å². The Labute approximate surface area is 155 Å². The fourth-order valence-electron chi connectivity index (χ4n) is 2.09. The Kier molecular flexibility index (Phi) is 6.58. The zero-order valence-electron chi connectivity index (χ0n) is 14.4. The molecular weight excluding hydrogens is 386 g/mol. The van der Waals surface area contributed by atoms with Gasteiger partial charge in [-0.25, -0.2) is 4.79 Å². The van der Waals surface area contributed by atoms with Crippen LogP contribution < -0.4 is 10.1 Å². The van der Waals surface area contributed by atoms with Crippen LogP contribution >= 0.6 is 15.9 Å². The van der Waals surface area contributed by atoms with Crippen LogP contribution in [0, 0.1) is 20.8 Å². The Hall–Kier alpha value is -2.34. The summed E-state index contributed by atoms with van der Waals surface area (Å²) in [7, 11) is 0. The molecule has 0 saturated carbocycles. The van der Waals surface area contributed by atoms with Crippen molar-refractivity contribution < 1.29 is 19.1 Å². The van der Waals surface area contributed by atoms with Gasteiger partial charge in [0.05, 0.1) is 5.69 Å². The van der Waals surface area contributed by atoms with E-state index in [1.807, 2.05) is 51.1 Å². The van der Waals surface area contributed by atoms with Crippen LogP contribution in [0.1, 0.15) is 16.7 Å². The number of halogens is 1. The lowest BCUT2D eigenvalue weighted by Crippen LogP contribution is -2.24. The number of esters is 1. The fourth-order valence-corrected chi connectivity index (χ4v) is 2.69. The standard InChI is InChI=1S/C19H20BrNO4/c1-12-5-7-16(15(20)8-12)21-18(22)10-25-19(23)11-24-17-9-13(2)4-6-14(17)3/h4-9H,10-11H2,1-3H3,(H,21,22). The molecule has 1 amide bonds. The van der Waals surface area contributed by atoms with Gasteiger partial charge in [-0.1, -0.05) is 18.2 Å². The fraction of sp³-hybridized carbons (Fsp3) is 0.263. The largest absolute Gasteiger partial charge is 0.482 e. The molecule has 25 heavy (non-hydrogen) atoms.